The molecule has 1 unspecified atom stereocenters. The van der Waals surface area contributed by atoms with Crippen LogP contribution >= 0.6 is 11.8 Å². The summed E-state index contributed by atoms with van der Waals surface area (Å²) in [7, 11) is 0. The average molecular weight is 171 g/mol. The van der Waals surface area contributed by atoms with Gasteiger partial charge in [0.2, 0.25) is 0 Å². The maximum atomic E-state index is 2.70. The smallest absolute Gasteiger partial charge is 0.0447 e. The SMILES string of the molecule is C1CCN2CSCCCC2C1. The van der Waals surface area contributed by atoms with Gasteiger partial charge in [0.15, 0.2) is 0 Å². The van der Waals surface area contributed by atoms with E-state index in [1.165, 1.54) is 50.3 Å². The van der Waals surface area contributed by atoms with Crippen LogP contribution in [0, 0.1) is 0 Å². The van der Waals surface area contributed by atoms with E-state index >= 15 is 0 Å². The van der Waals surface area contributed by atoms with Gasteiger partial charge in [-0.05, 0) is 38.0 Å². The molecule has 0 aliphatic carbocycles. The number of fused-ring (bicyclic) bond motifs is 1. The predicted molar refractivity (Wildman–Crippen MR) is 50.9 cm³/mol. The highest BCUT2D eigenvalue weighted by atomic mass is 32.2. The first-order valence-corrected chi connectivity index (χ1v) is 5.94. The van der Waals surface area contributed by atoms with Crippen molar-refractivity contribution in [2.24, 2.45) is 0 Å². The normalized spacial score (nSPS) is 34.4. The van der Waals surface area contributed by atoms with E-state index in [9.17, 15) is 0 Å². The lowest BCUT2D eigenvalue weighted by Gasteiger charge is -2.33. The first kappa shape index (κ1) is 7.93. The van der Waals surface area contributed by atoms with Crippen LogP contribution in [-0.4, -0.2) is 29.1 Å². The van der Waals surface area contributed by atoms with Gasteiger partial charge in [0.25, 0.3) is 0 Å². The van der Waals surface area contributed by atoms with Crippen LogP contribution in [0.3, 0.4) is 0 Å². The third-order valence-electron chi connectivity index (χ3n) is 2.83. The molecular formula is C9H17NS. The van der Waals surface area contributed by atoms with Crippen molar-refractivity contribution in [3.05, 3.63) is 0 Å². The Morgan fingerprint density at radius 3 is 3.00 bits per heavy atom. The monoisotopic (exact) mass is 171 g/mol. The number of hydrogen-bond donors (Lipinski definition) is 0. The molecule has 2 heteroatoms. The molecule has 0 N–H and O–H groups in total. The van der Waals surface area contributed by atoms with Crippen molar-refractivity contribution < 1.29 is 0 Å². The van der Waals surface area contributed by atoms with Gasteiger partial charge < -0.3 is 0 Å². The standard InChI is InChI=1S/C9H17NS/c1-2-6-10-8-11-7-3-5-9(10)4-1/h9H,1-8H2. The average Bonchev–Trinajstić information content (AvgIpc) is 2.28. The minimum atomic E-state index is 0.957. The Hall–Kier alpha value is 0.310. The highest BCUT2D eigenvalue weighted by molar-refractivity contribution is 7.99. The molecule has 0 saturated carbocycles. The van der Waals surface area contributed by atoms with E-state index in [1.54, 1.807) is 0 Å². The Bertz CT molecular complexity index is 113. The van der Waals surface area contributed by atoms with Gasteiger partial charge in [0.1, 0.15) is 0 Å². The second-order valence-corrected chi connectivity index (χ2v) is 4.72. The molecule has 1 nitrogen and oxygen atoms in total. The minimum absolute atomic E-state index is 0.957. The summed E-state index contributed by atoms with van der Waals surface area (Å²) in [6.45, 7) is 1.37. The molecule has 0 amide bonds. The highest BCUT2D eigenvalue weighted by Crippen LogP contribution is 2.26. The Morgan fingerprint density at radius 1 is 1.09 bits per heavy atom. The van der Waals surface area contributed by atoms with Crippen LogP contribution in [0.15, 0.2) is 0 Å². The third-order valence-corrected chi connectivity index (χ3v) is 3.92. The Balaban J connectivity index is 1.93. The summed E-state index contributed by atoms with van der Waals surface area (Å²) in [5, 5.41) is 0. The van der Waals surface area contributed by atoms with Crippen molar-refractivity contribution in [1.82, 2.24) is 4.90 Å². The number of nitrogens with zero attached hydrogens (tertiary/aromatic N) is 1. The zero-order chi connectivity index (χ0) is 7.52. The molecule has 2 rings (SSSR count). The van der Waals surface area contributed by atoms with Gasteiger partial charge in [0, 0.05) is 11.9 Å². The van der Waals surface area contributed by atoms with E-state index in [2.05, 4.69) is 16.7 Å². The fraction of sp³-hybridized carbons (Fsp3) is 1.00. The number of hydrogen-bond acceptors (Lipinski definition) is 2. The van der Waals surface area contributed by atoms with Crippen LogP contribution in [0.25, 0.3) is 0 Å². The number of thioether (sulfide) groups is 1. The maximum Gasteiger partial charge on any atom is 0.0447 e. The van der Waals surface area contributed by atoms with Crippen LogP contribution in [0.1, 0.15) is 32.1 Å². The van der Waals surface area contributed by atoms with Crippen LogP contribution in [-0.2, 0) is 0 Å². The molecule has 11 heavy (non-hydrogen) atoms. The maximum absolute atomic E-state index is 2.70. The van der Waals surface area contributed by atoms with Crippen molar-refractivity contribution in [2.75, 3.05) is 18.2 Å². The van der Waals surface area contributed by atoms with Crippen molar-refractivity contribution in [1.29, 1.82) is 0 Å². The molecule has 2 aliphatic rings. The van der Waals surface area contributed by atoms with Crippen LogP contribution in [0.4, 0.5) is 0 Å². The molecule has 2 saturated heterocycles. The zero-order valence-electron chi connectivity index (χ0n) is 7.09. The van der Waals surface area contributed by atoms with E-state index in [1.807, 2.05) is 0 Å². The molecule has 64 valence electrons. The van der Waals surface area contributed by atoms with Crippen molar-refractivity contribution >= 4 is 11.8 Å². The van der Waals surface area contributed by atoms with E-state index in [4.69, 9.17) is 0 Å². The van der Waals surface area contributed by atoms with E-state index < -0.39 is 0 Å². The second kappa shape index (κ2) is 3.81. The fourth-order valence-electron chi connectivity index (χ4n) is 2.16. The molecule has 1 atom stereocenters. The molecular weight excluding hydrogens is 154 g/mol. The highest BCUT2D eigenvalue weighted by Gasteiger charge is 2.23. The van der Waals surface area contributed by atoms with Crippen molar-refractivity contribution in [2.45, 2.75) is 38.1 Å². The Kier molecular flexibility index (Phi) is 2.75. The summed E-state index contributed by atoms with van der Waals surface area (Å²) in [4.78, 5) is 2.70. The van der Waals surface area contributed by atoms with Gasteiger partial charge in [-0.3, -0.25) is 4.90 Å². The zero-order valence-corrected chi connectivity index (χ0v) is 7.91. The molecule has 0 aromatic carbocycles. The molecule has 0 bridgehead atoms. The van der Waals surface area contributed by atoms with Gasteiger partial charge in [-0.25, -0.2) is 0 Å². The largest absolute Gasteiger partial charge is 0.291 e. The molecule has 0 aromatic rings. The van der Waals surface area contributed by atoms with Gasteiger partial charge in [-0.1, -0.05) is 6.42 Å². The van der Waals surface area contributed by atoms with Crippen LogP contribution in [0.5, 0.6) is 0 Å². The number of piperidine rings is 1. The molecule has 0 spiro atoms. The quantitative estimate of drug-likeness (QED) is 0.550. The van der Waals surface area contributed by atoms with Gasteiger partial charge >= 0.3 is 0 Å². The van der Waals surface area contributed by atoms with Crippen LogP contribution < -0.4 is 0 Å². The predicted octanol–water partition coefficient (Wildman–Crippen LogP) is 2.33. The molecule has 0 aromatic heterocycles. The summed E-state index contributed by atoms with van der Waals surface area (Å²) in [5.74, 6) is 2.71. The first-order chi connectivity index (χ1) is 5.47. The van der Waals surface area contributed by atoms with Crippen molar-refractivity contribution in [3.63, 3.8) is 0 Å². The first-order valence-electron chi connectivity index (χ1n) is 4.78. The lowest BCUT2D eigenvalue weighted by atomic mass is 9.99. The fourth-order valence-corrected chi connectivity index (χ4v) is 3.23. The Morgan fingerprint density at radius 2 is 2.00 bits per heavy atom. The summed E-state index contributed by atoms with van der Waals surface area (Å²) in [5.41, 5.74) is 0. The lowest BCUT2D eigenvalue weighted by Crippen LogP contribution is -2.37. The van der Waals surface area contributed by atoms with Gasteiger partial charge in [-0.2, -0.15) is 0 Å². The summed E-state index contributed by atoms with van der Waals surface area (Å²) in [6, 6.07) is 0.957. The molecule has 2 fully saturated rings. The van der Waals surface area contributed by atoms with Gasteiger partial charge in [0.05, 0.1) is 0 Å². The van der Waals surface area contributed by atoms with Crippen molar-refractivity contribution in [3.8, 4) is 0 Å². The lowest BCUT2D eigenvalue weighted by molar-refractivity contribution is 0.171. The third kappa shape index (κ3) is 1.91. The number of rotatable bonds is 0. The summed E-state index contributed by atoms with van der Waals surface area (Å²) < 4.78 is 0. The summed E-state index contributed by atoms with van der Waals surface area (Å²) in [6.07, 6.45) is 7.31. The molecule has 2 heterocycles. The topological polar surface area (TPSA) is 3.24 Å². The molecule has 0 radical (unpaired) electrons. The van der Waals surface area contributed by atoms with E-state index in [0.717, 1.165) is 6.04 Å². The van der Waals surface area contributed by atoms with Crippen LogP contribution in [0.2, 0.25) is 0 Å². The minimum Gasteiger partial charge on any atom is -0.291 e. The Labute approximate surface area is 73.5 Å². The second-order valence-electron chi connectivity index (χ2n) is 3.64. The van der Waals surface area contributed by atoms with E-state index in [0.29, 0.717) is 0 Å². The van der Waals surface area contributed by atoms with E-state index in [-0.39, 0.29) is 0 Å². The molecule has 2 aliphatic heterocycles. The summed E-state index contributed by atoms with van der Waals surface area (Å²) >= 11 is 2.13. The van der Waals surface area contributed by atoms with Gasteiger partial charge in [-0.15, -0.1) is 11.8 Å².